The fraction of sp³-hybridized carbons (Fsp3) is 0.250. The molecule has 0 aromatic heterocycles. The molecule has 0 saturated carbocycles. The summed E-state index contributed by atoms with van der Waals surface area (Å²) in [5, 5.41) is 21.9. The summed E-state index contributed by atoms with van der Waals surface area (Å²) in [6.45, 7) is 0. The zero-order valence-electron chi connectivity index (χ0n) is 19.1. The van der Waals surface area contributed by atoms with Crippen LogP contribution in [0.5, 0.6) is 11.5 Å². The van der Waals surface area contributed by atoms with Crippen molar-refractivity contribution in [2.75, 3.05) is 14.2 Å². The van der Waals surface area contributed by atoms with E-state index in [1.54, 1.807) is 0 Å². The lowest BCUT2D eigenvalue weighted by Crippen LogP contribution is -2.65. The van der Waals surface area contributed by atoms with Gasteiger partial charge in [0.1, 0.15) is 22.6 Å². The largest absolute Gasteiger partial charge is 0.506 e. The number of carbonyl (C=O) groups excluding carboxylic acids is 2. The minimum absolute atomic E-state index is 0.132. The third kappa shape index (κ3) is 3.46. The van der Waals surface area contributed by atoms with Crippen LogP contribution in [0.25, 0.3) is 21.9 Å². The average molecular weight is 548 g/mol. The molecule has 3 aromatic carbocycles. The Morgan fingerprint density at radius 3 is 2.11 bits per heavy atom. The van der Waals surface area contributed by atoms with Gasteiger partial charge in [-0.05, 0) is 17.5 Å². The number of fused-ring (bicyclic) bond motifs is 5. The average Bonchev–Trinajstić information content (AvgIpc) is 2.86. The quantitative estimate of drug-likeness (QED) is 0.343. The van der Waals surface area contributed by atoms with Crippen LogP contribution in [0, 0.1) is 0 Å². The first kappa shape index (κ1) is 27.0. The molecule has 202 valence electrons. The Bertz CT molecular complexity index is 1480. The van der Waals surface area contributed by atoms with E-state index in [1.165, 1.54) is 30.3 Å². The second-order valence-corrected chi connectivity index (χ2v) is 8.11. The number of aromatic hydroxyl groups is 1. The summed E-state index contributed by atoms with van der Waals surface area (Å²) in [4.78, 5) is 24.9. The van der Waals surface area contributed by atoms with Gasteiger partial charge in [-0.25, -0.2) is 9.59 Å². The first-order valence-electron chi connectivity index (χ1n) is 10.4. The van der Waals surface area contributed by atoms with Crippen molar-refractivity contribution in [2.24, 2.45) is 0 Å². The number of ether oxygens (including phenoxy) is 3. The fourth-order valence-corrected chi connectivity index (χ4v) is 4.16. The normalized spacial score (nSPS) is 17.3. The number of methoxy groups -OCH3 is 2. The van der Waals surface area contributed by atoms with Gasteiger partial charge in [0.2, 0.25) is 0 Å². The Labute approximate surface area is 207 Å². The van der Waals surface area contributed by atoms with Crippen LogP contribution in [0.3, 0.4) is 0 Å². The van der Waals surface area contributed by atoms with Crippen molar-refractivity contribution >= 4 is 22.7 Å². The molecule has 1 unspecified atom stereocenters. The molecule has 0 amide bonds. The number of phenolic OH excluding ortho intramolecular Hbond substituents is 1. The molecule has 4 rings (SSSR count). The summed E-state index contributed by atoms with van der Waals surface area (Å²) in [7, 11) is 1.54. The number of aliphatic hydroxyl groups is 1. The molecule has 0 saturated heterocycles. The van der Waals surface area contributed by atoms with Gasteiger partial charge in [-0.1, -0.05) is 30.3 Å². The van der Waals surface area contributed by atoms with Gasteiger partial charge in [0, 0.05) is 22.1 Å². The Morgan fingerprint density at radius 1 is 0.921 bits per heavy atom. The highest BCUT2D eigenvalue weighted by Gasteiger charge is 2.82. The van der Waals surface area contributed by atoms with Crippen LogP contribution in [0.15, 0.2) is 42.5 Å². The monoisotopic (exact) mass is 548 g/mol. The highest BCUT2D eigenvalue weighted by molar-refractivity contribution is 6.09. The summed E-state index contributed by atoms with van der Waals surface area (Å²) >= 11 is 0. The summed E-state index contributed by atoms with van der Waals surface area (Å²) < 4.78 is 113. The van der Waals surface area contributed by atoms with Gasteiger partial charge < -0.3 is 24.4 Å². The van der Waals surface area contributed by atoms with Gasteiger partial charge >= 0.3 is 35.7 Å². The predicted molar refractivity (Wildman–Crippen MR) is 114 cm³/mol. The van der Waals surface area contributed by atoms with Gasteiger partial charge in [0.05, 0.1) is 14.2 Å². The molecule has 38 heavy (non-hydrogen) atoms. The minimum Gasteiger partial charge on any atom is -0.506 e. The summed E-state index contributed by atoms with van der Waals surface area (Å²) in [6, 6.07) is 8.14. The van der Waals surface area contributed by atoms with Crippen LogP contribution < -0.4 is 4.74 Å². The lowest BCUT2D eigenvalue weighted by atomic mass is 9.80. The zero-order valence-corrected chi connectivity index (χ0v) is 19.1. The van der Waals surface area contributed by atoms with Crippen molar-refractivity contribution in [3.63, 3.8) is 0 Å². The van der Waals surface area contributed by atoms with E-state index in [4.69, 9.17) is 4.74 Å². The van der Waals surface area contributed by atoms with Gasteiger partial charge in [0.25, 0.3) is 0 Å². The highest BCUT2D eigenvalue weighted by Crippen LogP contribution is 2.60. The van der Waals surface area contributed by atoms with Crippen LogP contribution in [0.4, 0.5) is 30.7 Å². The zero-order chi connectivity index (χ0) is 28.4. The third-order valence-electron chi connectivity index (χ3n) is 6.03. The van der Waals surface area contributed by atoms with E-state index in [2.05, 4.69) is 9.47 Å². The van der Waals surface area contributed by atoms with E-state index < -0.39 is 69.5 Å². The molecule has 0 radical (unpaired) electrons. The van der Waals surface area contributed by atoms with E-state index in [-0.39, 0.29) is 22.4 Å². The van der Waals surface area contributed by atoms with Crippen LogP contribution >= 0.6 is 0 Å². The van der Waals surface area contributed by atoms with Crippen LogP contribution in [0.2, 0.25) is 0 Å². The molecule has 1 atom stereocenters. The van der Waals surface area contributed by atoms with Gasteiger partial charge in [-0.2, -0.15) is 30.7 Å². The molecular formula is C24H15F7O7. The molecule has 0 spiro atoms. The number of alkyl halides is 7. The van der Waals surface area contributed by atoms with Crippen LogP contribution in [0.1, 0.15) is 26.3 Å². The lowest BCUT2D eigenvalue weighted by molar-refractivity contribution is -0.421. The molecule has 1 heterocycles. The maximum absolute atomic E-state index is 15.3. The van der Waals surface area contributed by atoms with Crippen molar-refractivity contribution in [3.8, 4) is 22.6 Å². The number of hydrogen-bond donors (Lipinski definition) is 2. The maximum Gasteiger partial charge on any atom is 0.460 e. The van der Waals surface area contributed by atoms with Gasteiger partial charge in [0.15, 0.2) is 0 Å². The van der Waals surface area contributed by atoms with Crippen molar-refractivity contribution in [1.29, 1.82) is 0 Å². The van der Waals surface area contributed by atoms with Gasteiger partial charge in [-0.15, -0.1) is 0 Å². The topological polar surface area (TPSA) is 102 Å². The molecule has 0 aliphatic carbocycles. The minimum atomic E-state index is -6.90. The predicted octanol–water partition coefficient (Wildman–Crippen LogP) is 5.16. The lowest BCUT2D eigenvalue weighted by Gasteiger charge is -2.44. The smallest absolute Gasteiger partial charge is 0.460 e. The summed E-state index contributed by atoms with van der Waals surface area (Å²) in [5.74, 6) is -23.3. The second kappa shape index (κ2) is 8.48. The molecule has 7 nitrogen and oxygen atoms in total. The number of halogens is 7. The number of benzene rings is 3. The standard InChI is InChI=1S/C24H15F7O7/c1-36-19(33)13-9-14-15(16(17(13)32)20(34)37-2)12-8-7-10-5-3-4-6-11(10)18(12)38-21(14,35)22(25,26)23(27,28)24(29,30)31/h3-9,32,35H,1-2H3. The van der Waals surface area contributed by atoms with E-state index >= 15 is 8.78 Å². The maximum atomic E-state index is 15.3. The van der Waals surface area contributed by atoms with E-state index in [0.29, 0.717) is 0 Å². The van der Waals surface area contributed by atoms with Crippen molar-refractivity contribution in [2.45, 2.75) is 23.8 Å². The Kier molecular flexibility index (Phi) is 6.02. The number of esters is 2. The molecule has 14 heteroatoms. The molecular weight excluding hydrogens is 533 g/mol. The molecule has 1 aliphatic rings. The van der Waals surface area contributed by atoms with Crippen molar-refractivity contribution in [3.05, 3.63) is 59.2 Å². The highest BCUT2D eigenvalue weighted by atomic mass is 19.4. The van der Waals surface area contributed by atoms with E-state index in [0.717, 1.165) is 20.3 Å². The molecule has 0 bridgehead atoms. The molecule has 0 fully saturated rings. The molecule has 1 aliphatic heterocycles. The number of hydrogen-bond acceptors (Lipinski definition) is 7. The van der Waals surface area contributed by atoms with E-state index in [9.17, 15) is 41.8 Å². The first-order valence-corrected chi connectivity index (χ1v) is 10.4. The first-order chi connectivity index (χ1) is 17.5. The SMILES string of the molecule is COC(=O)c1cc2c(c(C(=O)OC)c1O)-c1ccc3ccccc3c1OC2(O)C(F)(F)C(F)(F)C(F)(F)F. The number of carbonyl (C=O) groups is 2. The van der Waals surface area contributed by atoms with Gasteiger partial charge in [-0.3, -0.25) is 0 Å². The fourth-order valence-electron chi connectivity index (χ4n) is 4.16. The Hall–Kier alpha value is -4.07. The third-order valence-corrected chi connectivity index (χ3v) is 6.03. The van der Waals surface area contributed by atoms with Crippen LogP contribution in [-0.2, 0) is 15.3 Å². The van der Waals surface area contributed by atoms with Crippen LogP contribution in [-0.4, -0.2) is 54.4 Å². The molecule has 3 aromatic rings. The summed E-state index contributed by atoms with van der Waals surface area (Å²) in [5.41, 5.74) is -5.11. The Balaban J connectivity index is 2.25. The number of rotatable bonds is 4. The summed E-state index contributed by atoms with van der Waals surface area (Å²) in [6.07, 6.45) is -6.89. The number of phenols is 1. The van der Waals surface area contributed by atoms with Crippen molar-refractivity contribution < 1.29 is 64.7 Å². The second-order valence-electron chi connectivity index (χ2n) is 8.11. The molecule has 2 N–H and O–H groups in total. The Morgan fingerprint density at radius 2 is 1.53 bits per heavy atom. The van der Waals surface area contributed by atoms with E-state index in [1.807, 2.05) is 0 Å². The van der Waals surface area contributed by atoms with Crippen molar-refractivity contribution in [1.82, 2.24) is 0 Å².